The van der Waals surface area contributed by atoms with E-state index in [2.05, 4.69) is 24.5 Å². The van der Waals surface area contributed by atoms with Crippen molar-refractivity contribution in [3.05, 3.63) is 35.4 Å². The van der Waals surface area contributed by atoms with E-state index in [0.29, 0.717) is 18.6 Å². The van der Waals surface area contributed by atoms with Gasteiger partial charge >= 0.3 is 23.9 Å². The molecular weight excluding hydrogens is 943 g/mol. The van der Waals surface area contributed by atoms with Gasteiger partial charge in [0.15, 0.2) is 0 Å². The van der Waals surface area contributed by atoms with E-state index in [4.69, 9.17) is 24.7 Å². The maximum absolute atomic E-state index is 13.2. The van der Waals surface area contributed by atoms with Gasteiger partial charge in [-0.15, -0.1) is 0 Å². The zero-order valence-corrected chi connectivity index (χ0v) is 48.0. The van der Waals surface area contributed by atoms with Crippen LogP contribution < -0.4 is 16.4 Å². The first-order valence-electron chi connectivity index (χ1n) is 28.6. The Morgan fingerprint density at radius 1 is 0.548 bits per heavy atom. The molecule has 0 saturated heterocycles. The lowest BCUT2D eigenvalue weighted by Crippen LogP contribution is -2.44. The maximum atomic E-state index is 13.2. The van der Waals surface area contributed by atoms with Crippen LogP contribution in [0.3, 0.4) is 0 Å². The molecule has 0 radical (unpaired) electrons. The Bertz CT molecular complexity index is 1640. The average Bonchev–Trinajstić information content (AvgIpc) is 3.33. The van der Waals surface area contributed by atoms with Gasteiger partial charge in [-0.05, 0) is 78.5 Å². The topological polar surface area (TPSA) is 189 Å². The quantitative estimate of drug-likeness (QED) is 0.0319. The van der Waals surface area contributed by atoms with Gasteiger partial charge in [0.05, 0.1) is 6.04 Å². The molecule has 1 unspecified atom stereocenters. The predicted molar refractivity (Wildman–Crippen MR) is 297 cm³/mol. The van der Waals surface area contributed by atoms with Gasteiger partial charge in [-0.3, -0.25) is 24.0 Å². The van der Waals surface area contributed by atoms with Gasteiger partial charge in [0.25, 0.3) is 5.91 Å². The molecule has 0 aliphatic carbocycles. The molecule has 1 aromatic carbocycles. The third kappa shape index (κ3) is 39.4. The molecule has 1 aromatic rings. The van der Waals surface area contributed by atoms with Gasteiger partial charge in [0, 0.05) is 42.9 Å². The van der Waals surface area contributed by atoms with E-state index in [1.54, 1.807) is 65.8 Å². The van der Waals surface area contributed by atoms with Crippen LogP contribution in [0.1, 0.15) is 264 Å². The molecule has 3 atom stereocenters. The van der Waals surface area contributed by atoms with E-state index >= 15 is 0 Å². The fourth-order valence-corrected chi connectivity index (χ4v) is 9.18. The van der Waals surface area contributed by atoms with Crippen LogP contribution in [0.25, 0.3) is 0 Å². The van der Waals surface area contributed by atoms with E-state index < -0.39 is 47.2 Å². The first kappa shape index (κ1) is 67.4. The Balaban J connectivity index is 2.65. The molecule has 4 N–H and O–H groups in total. The summed E-state index contributed by atoms with van der Waals surface area (Å²) < 4.78 is 22.4. The molecule has 0 aliphatic rings. The van der Waals surface area contributed by atoms with E-state index in [9.17, 15) is 28.8 Å². The smallest absolute Gasteiger partial charge is 0.329 e. The summed E-state index contributed by atoms with van der Waals surface area (Å²) in [5.41, 5.74) is 5.79. The van der Waals surface area contributed by atoms with Crippen LogP contribution in [-0.2, 0) is 49.5 Å². The lowest BCUT2D eigenvalue weighted by Gasteiger charge is -2.25. The molecule has 0 aromatic heterocycles. The number of nitrogens with one attached hydrogen (secondary N) is 2. The Hall–Kier alpha value is -3.65. The van der Waals surface area contributed by atoms with Gasteiger partial charge in [-0.25, -0.2) is 4.79 Å². The van der Waals surface area contributed by atoms with Gasteiger partial charge < -0.3 is 35.3 Å². The van der Waals surface area contributed by atoms with E-state index in [-0.39, 0.29) is 55.2 Å². The number of hydrogen-bond donors (Lipinski definition) is 3. The molecule has 1 rings (SSSR count). The van der Waals surface area contributed by atoms with E-state index in [1.165, 1.54) is 140 Å². The summed E-state index contributed by atoms with van der Waals surface area (Å²) in [5.74, 6) is -2.10. The largest absolute Gasteiger partial charge is 0.462 e. The summed E-state index contributed by atoms with van der Waals surface area (Å²) in [7, 11) is 0. The molecule has 0 fully saturated rings. The van der Waals surface area contributed by atoms with Crippen molar-refractivity contribution in [3.63, 3.8) is 0 Å². The van der Waals surface area contributed by atoms with Crippen molar-refractivity contribution in [2.75, 3.05) is 18.1 Å². The van der Waals surface area contributed by atoms with Crippen molar-refractivity contribution >= 4 is 47.5 Å². The minimum atomic E-state index is -1.08. The van der Waals surface area contributed by atoms with Gasteiger partial charge in [-0.2, -0.15) is 11.8 Å². The van der Waals surface area contributed by atoms with Gasteiger partial charge in [0.1, 0.15) is 30.0 Å². The highest BCUT2D eigenvalue weighted by Crippen LogP contribution is 2.18. The molecule has 0 heterocycles. The zero-order chi connectivity index (χ0) is 54.2. The van der Waals surface area contributed by atoms with Crippen LogP contribution in [0, 0.1) is 0 Å². The number of benzene rings is 1. The molecule has 14 heteroatoms. The number of carbonyl (C=O) groups excluding carboxylic acids is 6. The number of esters is 4. The molecule has 0 bridgehead atoms. The Kier molecular flexibility index (Phi) is 38.4. The van der Waals surface area contributed by atoms with Crippen molar-refractivity contribution in [3.8, 4) is 0 Å². The van der Waals surface area contributed by atoms with Gasteiger partial charge in [-0.1, -0.05) is 180 Å². The number of amides is 2. The van der Waals surface area contributed by atoms with Crippen LogP contribution in [0.2, 0.25) is 0 Å². The molecule has 0 saturated carbocycles. The predicted octanol–water partition coefficient (Wildman–Crippen LogP) is 13.3. The Morgan fingerprint density at radius 2 is 0.986 bits per heavy atom. The highest BCUT2D eigenvalue weighted by Gasteiger charge is 2.29. The second-order valence-electron chi connectivity index (χ2n) is 22.0. The SMILES string of the molecule is CCCCCCCCCCCCCCCC(=O)OC[C@H](CSCC(N)C(=O)NCc1ccc(C(=O)N[C@H](CCC(=O)OC(C)(C)C)C(=O)OC(C)(C)C)cc1)OC(=O)CCCCCCCCCCCCCCC. The Labute approximate surface area is 447 Å². The summed E-state index contributed by atoms with van der Waals surface area (Å²) in [6, 6.07) is 4.60. The van der Waals surface area contributed by atoms with Gasteiger partial charge in [0.2, 0.25) is 5.91 Å². The number of rotatable bonds is 44. The van der Waals surface area contributed by atoms with Crippen molar-refractivity contribution < 1.29 is 47.7 Å². The summed E-state index contributed by atoms with van der Waals surface area (Å²) in [6.45, 7) is 15.0. The van der Waals surface area contributed by atoms with Crippen molar-refractivity contribution in [1.82, 2.24) is 10.6 Å². The van der Waals surface area contributed by atoms with Crippen LogP contribution in [0.4, 0.5) is 0 Å². The van der Waals surface area contributed by atoms with Crippen LogP contribution in [0.15, 0.2) is 24.3 Å². The number of hydrogen-bond acceptors (Lipinski definition) is 12. The fourth-order valence-electron chi connectivity index (χ4n) is 8.21. The number of thioether (sulfide) groups is 1. The fraction of sp³-hybridized carbons (Fsp3) is 0.797. The maximum Gasteiger partial charge on any atom is 0.329 e. The normalized spacial score (nSPS) is 12.9. The van der Waals surface area contributed by atoms with Crippen LogP contribution in [-0.4, -0.2) is 83.2 Å². The molecular formula is C59H103N3O10S. The number of carbonyl (C=O) groups is 6. The second-order valence-corrected chi connectivity index (χ2v) is 23.1. The summed E-state index contributed by atoms with van der Waals surface area (Å²) in [5, 5.41) is 5.54. The van der Waals surface area contributed by atoms with E-state index in [0.717, 1.165) is 44.1 Å². The highest BCUT2D eigenvalue weighted by molar-refractivity contribution is 7.99. The summed E-state index contributed by atoms with van der Waals surface area (Å²) >= 11 is 1.36. The van der Waals surface area contributed by atoms with E-state index in [1.807, 2.05) is 0 Å². The summed E-state index contributed by atoms with van der Waals surface area (Å²) in [4.78, 5) is 77.4. The lowest BCUT2D eigenvalue weighted by atomic mass is 10.0. The molecule has 0 spiro atoms. The molecule has 73 heavy (non-hydrogen) atoms. The Morgan fingerprint density at radius 3 is 1.44 bits per heavy atom. The molecule has 13 nitrogen and oxygen atoms in total. The summed E-state index contributed by atoms with van der Waals surface area (Å²) in [6.07, 6.45) is 31.6. The first-order chi connectivity index (χ1) is 34.8. The second kappa shape index (κ2) is 41.6. The van der Waals surface area contributed by atoms with Crippen molar-refractivity contribution in [2.24, 2.45) is 5.73 Å². The lowest BCUT2D eigenvalue weighted by molar-refractivity contribution is -0.158. The minimum absolute atomic E-state index is 0.00339. The minimum Gasteiger partial charge on any atom is -0.462 e. The first-order valence-corrected chi connectivity index (χ1v) is 29.8. The number of nitrogens with two attached hydrogens (primary N) is 1. The standard InChI is InChI=1S/C59H103N3O10S/c1-9-11-13-15-17-19-21-23-25-27-29-31-33-35-52(63)69-44-49(70-53(64)36-34-32-30-28-26-24-22-20-18-16-14-12-10-2)45-73-46-50(60)56(67)61-43-47-37-39-48(40-38-47)55(66)62-51(57(68)72-59(6,7)8)41-42-54(65)71-58(3,4)5/h37-40,49-51H,9-36,41-46,60H2,1-8H3,(H,61,67)(H,62,66)/t49-,50?,51-/m1/s1. The van der Waals surface area contributed by atoms with Crippen molar-refractivity contribution in [1.29, 1.82) is 0 Å². The number of ether oxygens (including phenoxy) is 4. The van der Waals surface area contributed by atoms with Crippen molar-refractivity contribution in [2.45, 2.75) is 284 Å². The zero-order valence-electron chi connectivity index (χ0n) is 47.2. The third-order valence-corrected chi connectivity index (χ3v) is 13.6. The molecule has 0 aliphatic heterocycles. The molecule has 420 valence electrons. The third-order valence-electron chi connectivity index (χ3n) is 12.4. The monoisotopic (exact) mass is 1050 g/mol. The molecule has 2 amide bonds. The van der Waals surface area contributed by atoms with Crippen LogP contribution in [0.5, 0.6) is 0 Å². The number of unbranched alkanes of at least 4 members (excludes halogenated alkanes) is 24. The average molecular weight is 1050 g/mol. The van der Waals surface area contributed by atoms with Crippen LogP contribution >= 0.6 is 11.8 Å². The highest BCUT2D eigenvalue weighted by atomic mass is 32.2.